The number of imide groups is 1. The van der Waals surface area contributed by atoms with Crippen LogP contribution < -0.4 is 15.0 Å². The second-order valence-corrected chi connectivity index (χ2v) is 7.25. The Kier molecular flexibility index (Phi) is 5.56. The van der Waals surface area contributed by atoms with Gasteiger partial charge in [-0.25, -0.2) is 9.69 Å². The molecule has 0 aliphatic carbocycles. The maximum Gasteiger partial charge on any atom is 0.343 e. The zero-order valence-corrected chi connectivity index (χ0v) is 17.2. The van der Waals surface area contributed by atoms with Crippen molar-refractivity contribution in [3.8, 4) is 5.75 Å². The third kappa shape index (κ3) is 4.20. The van der Waals surface area contributed by atoms with Gasteiger partial charge in [0.05, 0.1) is 11.3 Å². The lowest BCUT2D eigenvalue weighted by atomic mass is 10.2. The van der Waals surface area contributed by atoms with Gasteiger partial charge in [-0.2, -0.15) is 0 Å². The highest BCUT2D eigenvalue weighted by Gasteiger charge is 2.38. The van der Waals surface area contributed by atoms with Gasteiger partial charge in [-0.1, -0.05) is 47.5 Å². The number of nitrogens with one attached hydrogen (secondary N) is 1. The number of amides is 2. The first-order chi connectivity index (χ1) is 14.9. The van der Waals surface area contributed by atoms with Gasteiger partial charge in [0.2, 0.25) is 0 Å². The van der Waals surface area contributed by atoms with E-state index in [1.54, 1.807) is 60.7 Å². The van der Waals surface area contributed by atoms with Crippen LogP contribution in [0, 0.1) is 6.92 Å². The minimum Gasteiger partial charge on any atom is -0.423 e. The molecule has 4 rings (SSSR count). The Morgan fingerprint density at radius 2 is 1.52 bits per heavy atom. The third-order valence-corrected chi connectivity index (χ3v) is 5.01. The molecule has 31 heavy (non-hydrogen) atoms. The zero-order valence-electron chi connectivity index (χ0n) is 16.5. The number of ether oxygens (including phenoxy) is 1. The topological polar surface area (TPSA) is 75.7 Å². The summed E-state index contributed by atoms with van der Waals surface area (Å²) in [7, 11) is 0. The van der Waals surface area contributed by atoms with E-state index in [0.717, 1.165) is 10.5 Å². The Labute approximate surface area is 183 Å². The van der Waals surface area contributed by atoms with E-state index in [0.29, 0.717) is 22.7 Å². The van der Waals surface area contributed by atoms with Crippen LogP contribution in [0.1, 0.15) is 15.9 Å². The summed E-state index contributed by atoms with van der Waals surface area (Å²) in [6.45, 7) is 1.91. The zero-order chi connectivity index (χ0) is 22.0. The molecule has 0 fully saturated rings. The number of hydrogen-bond donors (Lipinski definition) is 1. The molecule has 7 heteroatoms. The first kappa shape index (κ1) is 20.4. The molecule has 0 spiro atoms. The molecule has 0 saturated heterocycles. The van der Waals surface area contributed by atoms with Gasteiger partial charge in [0.25, 0.3) is 11.8 Å². The molecule has 1 aliphatic heterocycles. The van der Waals surface area contributed by atoms with Crippen molar-refractivity contribution in [3.05, 3.63) is 101 Å². The lowest BCUT2D eigenvalue weighted by Crippen LogP contribution is -2.32. The largest absolute Gasteiger partial charge is 0.423 e. The fraction of sp³-hybridized carbons (Fsp3) is 0.0417. The first-order valence-corrected chi connectivity index (χ1v) is 9.81. The second-order valence-electron chi connectivity index (χ2n) is 6.88. The second kappa shape index (κ2) is 8.45. The molecule has 2 amide bonds. The first-order valence-electron chi connectivity index (χ1n) is 9.43. The Balaban J connectivity index is 1.48. The van der Waals surface area contributed by atoms with Crippen LogP contribution in [0.2, 0.25) is 0 Å². The van der Waals surface area contributed by atoms with Gasteiger partial charge >= 0.3 is 5.97 Å². The van der Waals surface area contributed by atoms with Crippen molar-refractivity contribution in [3.63, 3.8) is 0 Å². The highest BCUT2D eigenvalue weighted by atomic mass is 35.5. The van der Waals surface area contributed by atoms with Crippen LogP contribution in [0.25, 0.3) is 0 Å². The predicted octanol–water partition coefficient (Wildman–Crippen LogP) is 4.65. The maximum absolute atomic E-state index is 12.8. The van der Waals surface area contributed by atoms with Crippen molar-refractivity contribution in [1.29, 1.82) is 0 Å². The summed E-state index contributed by atoms with van der Waals surface area (Å²) in [5.41, 5.74) is 2.26. The monoisotopic (exact) mass is 432 g/mol. The Bertz CT molecular complexity index is 1190. The van der Waals surface area contributed by atoms with E-state index in [-0.39, 0.29) is 10.7 Å². The number of nitrogens with zero attached hydrogens (tertiary/aromatic N) is 1. The Hall–Kier alpha value is -3.90. The van der Waals surface area contributed by atoms with Crippen LogP contribution in [0.4, 0.5) is 11.4 Å². The molecule has 3 aromatic carbocycles. The highest BCUT2D eigenvalue weighted by Crippen LogP contribution is 2.30. The standard InChI is InChI=1S/C24H17ClN2O4/c1-15-7-13-18(14-8-15)27-22(28)20(25)21(23(27)29)26-17-11-9-16(10-12-17)24(30)31-19-5-3-2-4-6-19/h2-14,26H,1H3. The van der Waals surface area contributed by atoms with Crippen molar-refractivity contribution in [2.75, 3.05) is 10.2 Å². The molecule has 0 unspecified atom stereocenters. The molecule has 0 radical (unpaired) electrons. The lowest BCUT2D eigenvalue weighted by molar-refractivity contribution is -0.120. The lowest BCUT2D eigenvalue weighted by Gasteiger charge is -2.15. The number of para-hydroxylation sites is 1. The van der Waals surface area contributed by atoms with E-state index in [1.807, 2.05) is 25.1 Å². The summed E-state index contributed by atoms with van der Waals surface area (Å²) in [6.07, 6.45) is 0. The molecule has 0 atom stereocenters. The number of aryl methyl sites for hydroxylation is 1. The van der Waals surface area contributed by atoms with E-state index in [9.17, 15) is 14.4 Å². The molecule has 6 nitrogen and oxygen atoms in total. The van der Waals surface area contributed by atoms with Crippen molar-refractivity contribution in [2.24, 2.45) is 0 Å². The Morgan fingerprint density at radius 3 is 2.16 bits per heavy atom. The summed E-state index contributed by atoms with van der Waals surface area (Å²) in [4.78, 5) is 38.6. The van der Waals surface area contributed by atoms with Gasteiger partial charge in [0, 0.05) is 5.69 Å². The number of esters is 1. The predicted molar refractivity (Wildman–Crippen MR) is 118 cm³/mol. The molecule has 0 saturated carbocycles. The minimum atomic E-state index is -0.596. The fourth-order valence-corrected chi connectivity index (χ4v) is 3.24. The molecule has 154 valence electrons. The van der Waals surface area contributed by atoms with Crippen LogP contribution in [0.15, 0.2) is 89.6 Å². The number of anilines is 2. The van der Waals surface area contributed by atoms with Crippen LogP contribution in [-0.4, -0.2) is 17.8 Å². The van der Waals surface area contributed by atoms with Crippen molar-refractivity contribution < 1.29 is 19.1 Å². The van der Waals surface area contributed by atoms with Gasteiger partial charge in [0.15, 0.2) is 0 Å². The number of rotatable bonds is 5. The minimum absolute atomic E-state index is 0.0214. The van der Waals surface area contributed by atoms with E-state index in [4.69, 9.17) is 16.3 Å². The highest BCUT2D eigenvalue weighted by molar-refractivity contribution is 6.53. The van der Waals surface area contributed by atoms with Crippen LogP contribution in [0.5, 0.6) is 5.75 Å². The van der Waals surface area contributed by atoms with Gasteiger partial charge in [-0.15, -0.1) is 0 Å². The van der Waals surface area contributed by atoms with Gasteiger partial charge in [0.1, 0.15) is 16.5 Å². The summed E-state index contributed by atoms with van der Waals surface area (Å²) < 4.78 is 5.30. The average molecular weight is 433 g/mol. The van der Waals surface area contributed by atoms with E-state index in [1.165, 1.54) is 0 Å². The van der Waals surface area contributed by atoms with Gasteiger partial charge < -0.3 is 10.1 Å². The van der Waals surface area contributed by atoms with Crippen molar-refractivity contribution in [1.82, 2.24) is 0 Å². The molecule has 0 bridgehead atoms. The number of carbonyl (C=O) groups excluding carboxylic acids is 3. The molecule has 1 N–H and O–H groups in total. The van der Waals surface area contributed by atoms with Gasteiger partial charge in [-0.3, -0.25) is 9.59 Å². The summed E-state index contributed by atoms with van der Waals surface area (Å²) in [6, 6.07) is 22.0. The number of carbonyl (C=O) groups is 3. The molecular formula is C24H17ClN2O4. The Morgan fingerprint density at radius 1 is 0.871 bits per heavy atom. The average Bonchev–Trinajstić information content (AvgIpc) is 2.99. The van der Waals surface area contributed by atoms with Crippen molar-refractivity contribution >= 4 is 40.8 Å². The van der Waals surface area contributed by atoms with E-state index in [2.05, 4.69) is 5.32 Å². The molecule has 1 aliphatic rings. The van der Waals surface area contributed by atoms with Crippen LogP contribution in [-0.2, 0) is 9.59 Å². The molecule has 3 aromatic rings. The molecule has 1 heterocycles. The SMILES string of the molecule is Cc1ccc(N2C(=O)C(Cl)=C(Nc3ccc(C(=O)Oc4ccccc4)cc3)C2=O)cc1. The summed E-state index contributed by atoms with van der Waals surface area (Å²) in [5, 5.41) is 2.69. The third-order valence-electron chi connectivity index (χ3n) is 4.66. The van der Waals surface area contributed by atoms with E-state index < -0.39 is 17.8 Å². The van der Waals surface area contributed by atoms with Gasteiger partial charge in [-0.05, 0) is 55.5 Å². The summed E-state index contributed by atoms with van der Waals surface area (Å²) >= 11 is 6.15. The normalized spacial score (nSPS) is 13.5. The van der Waals surface area contributed by atoms with Crippen LogP contribution in [0.3, 0.4) is 0 Å². The molecular weight excluding hydrogens is 416 g/mol. The number of hydrogen-bond acceptors (Lipinski definition) is 5. The van der Waals surface area contributed by atoms with Crippen LogP contribution >= 0.6 is 11.6 Å². The fourth-order valence-electron chi connectivity index (χ4n) is 3.03. The quantitative estimate of drug-likeness (QED) is 0.361. The van der Waals surface area contributed by atoms with Crippen molar-refractivity contribution in [2.45, 2.75) is 6.92 Å². The number of benzene rings is 3. The maximum atomic E-state index is 12.8. The summed E-state index contributed by atoms with van der Waals surface area (Å²) in [5.74, 6) is -1.21. The van der Waals surface area contributed by atoms with E-state index >= 15 is 0 Å². The smallest absolute Gasteiger partial charge is 0.343 e. The molecule has 0 aromatic heterocycles. The number of halogens is 1.